The maximum absolute atomic E-state index is 12.9. The van der Waals surface area contributed by atoms with Crippen LogP contribution in [0.2, 0.25) is 0 Å². The number of Topliss-reactive ketones (excluding diaryl/α,β-unsaturated/α-hetero) is 1. The number of carbonyl (C=O) groups is 2. The van der Waals surface area contributed by atoms with Crippen LogP contribution < -0.4 is 0 Å². The number of nitro groups is 1. The Kier molecular flexibility index (Phi) is 6.10. The minimum absolute atomic E-state index is 0.0637. The molecule has 0 N–H and O–H groups in total. The molecular formula is C21H23NO5. The van der Waals surface area contributed by atoms with Gasteiger partial charge in [-0.3, -0.25) is 19.7 Å². The summed E-state index contributed by atoms with van der Waals surface area (Å²) < 4.78 is 4.99. The van der Waals surface area contributed by atoms with Crippen LogP contribution in [-0.4, -0.2) is 23.3 Å². The van der Waals surface area contributed by atoms with Gasteiger partial charge in [0.15, 0.2) is 5.78 Å². The fourth-order valence-corrected chi connectivity index (χ4v) is 3.12. The SMILES string of the molecule is C=C(/C=C\C(=C)[N+](=O)[O-])c1ccc2c(c1)CCC(C)(CC(=O)OCC)C2=O. The third-order valence-electron chi connectivity index (χ3n) is 4.77. The Morgan fingerprint density at radius 3 is 2.70 bits per heavy atom. The number of fused-ring (bicyclic) bond motifs is 1. The molecule has 0 radical (unpaired) electrons. The lowest BCUT2D eigenvalue weighted by molar-refractivity contribution is -0.418. The van der Waals surface area contributed by atoms with E-state index in [2.05, 4.69) is 13.2 Å². The van der Waals surface area contributed by atoms with Gasteiger partial charge in [0.2, 0.25) is 0 Å². The normalized spacial score (nSPS) is 18.8. The fourth-order valence-electron chi connectivity index (χ4n) is 3.12. The van der Waals surface area contributed by atoms with Gasteiger partial charge in [-0.2, -0.15) is 0 Å². The zero-order chi connectivity index (χ0) is 20.2. The van der Waals surface area contributed by atoms with E-state index in [1.165, 1.54) is 12.2 Å². The molecule has 6 nitrogen and oxygen atoms in total. The molecule has 0 bridgehead atoms. The maximum atomic E-state index is 12.9. The van der Waals surface area contributed by atoms with E-state index in [1.807, 2.05) is 6.07 Å². The van der Waals surface area contributed by atoms with Gasteiger partial charge in [-0.1, -0.05) is 31.7 Å². The molecule has 2 rings (SSSR count). The zero-order valence-electron chi connectivity index (χ0n) is 15.6. The molecule has 1 aromatic rings. The van der Waals surface area contributed by atoms with Crippen molar-refractivity contribution in [3.8, 4) is 0 Å². The van der Waals surface area contributed by atoms with Crippen molar-refractivity contribution in [1.82, 2.24) is 0 Å². The van der Waals surface area contributed by atoms with E-state index >= 15 is 0 Å². The highest BCUT2D eigenvalue weighted by atomic mass is 16.6. The molecule has 1 aliphatic rings. The summed E-state index contributed by atoms with van der Waals surface area (Å²) in [6, 6.07) is 5.37. The van der Waals surface area contributed by atoms with E-state index < -0.39 is 10.3 Å². The standard InChI is InChI=1S/C21H23NO5/c1-5-27-19(23)13-21(4)11-10-17-12-16(8-9-18(17)20(21)24)14(2)6-7-15(3)22(25)26/h6-9,12H,2-3,5,10-11,13H2,1,4H3/b7-6-. The molecule has 142 valence electrons. The van der Waals surface area contributed by atoms with Gasteiger partial charge in [0, 0.05) is 17.1 Å². The molecule has 0 saturated carbocycles. The summed E-state index contributed by atoms with van der Waals surface area (Å²) in [5, 5.41) is 10.6. The predicted molar refractivity (Wildman–Crippen MR) is 103 cm³/mol. The molecule has 1 aliphatic carbocycles. The van der Waals surface area contributed by atoms with Crippen molar-refractivity contribution < 1.29 is 19.2 Å². The third kappa shape index (κ3) is 4.58. The Hall–Kier alpha value is -3.02. The van der Waals surface area contributed by atoms with Crippen molar-refractivity contribution in [1.29, 1.82) is 0 Å². The summed E-state index contributed by atoms with van der Waals surface area (Å²) in [5.41, 5.74) is 1.88. The first kappa shape index (κ1) is 20.3. The first-order valence-electron chi connectivity index (χ1n) is 8.72. The number of hydrogen-bond donors (Lipinski definition) is 0. The number of carbonyl (C=O) groups excluding carboxylic acids is 2. The van der Waals surface area contributed by atoms with Gasteiger partial charge in [-0.25, -0.2) is 0 Å². The highest BCUT2D eigenvalue weighted by Gasteiger charge is 2.40. The predicted octanol–water partition coefficient (Wildman–Crippen LogP) is 4.13. The van der Waals surface area contributed by atoms with Crippen LogP contribution in [0.4, 0.5) is 0 Å². The van der Waals surface area contributed by atoms with Gasteiger partial charge in [0.1, 0.15) is 0 Å². The molecule has 6 heteroatoms. The number of benzene rings is 1. The molecule has 1 atom stereocenters. The van der Waals surface area contributed by atoms with Crippen LogP contribution in [0.5, 0.6) is 0 Å². The average Bonchev–Trinajstić information content (AvgIpc) is 2.62. The lowest BCUT2D eigenvalue weighted by Crippen LogP contribution is -2.36. The fraction of sp³-hybridized carbons (Fsp3) is 0.333. The van der Waals surface area contributed by atoms with Gasteiger partial charge >= 0.3 is 5.97 Å². The van der Waals surface area contributed by atoms with Crippen LogP contribution in [0.15, 0.2) is 49.2 Å². The van der Waals surface area contributed by atoms with Crippen molar-refractivity contribution in [3.05, 3.63) is 76.0 Å². The Balaban J connectivity index is 2.21. The largest absolute Gasteiger partial charge is 0.466 e. The van der Waals surface area contributed by atoms with Gasteiger partial charge in [0.25, 0.3) is 5.70 Å². The van der Waals surface area contributed by atoms with Crippen molar-refractivity contribution in [2.24, 2.45) is 5.41 Å². The van der Waals surface area contributed by atoms with E-state index in [4.69, 9.17) is 4.74 Å². The Labute approximate surface area is 158 Å². The maximum Gasteiger partial charge on any atom is 0.306 e. The molecule has 0 saturated heterocycles. The summed E-state index contributed by atoms with van der Waals surface area (Å²) >= 11 is 0. The number of ether oxygens (including phenoxy) is 1. The summed E-state index contributed by atoms with van der Waals surface area (Å²) in [7, 11) is 0. The average molecular weight is 369 g/mol. The lowest BCUT2D eigenvalue weighted by atomic mass is 9.69. The number of esters is 1. The molecule has 1 unspecified atom stereocenters. The van der Waals surface area contributed by atoms with Crippen LogP contribution in [0, 0.1) is 15.5 Å². The summed E-state index contributed by atoms with van der Waals surface area (Å²) in [6.07, 6.45) is 4.11. The zero-order valence-corrected chi connectivity index (χ0v) is 15.6. The number of rotatable bonds is 7. The highest BCUT2D eigenvalue weighted by Crippen LogP contribution is 2.39. The molecule has 0 spiro atoms. The number of hydrogen-bond acceptors (Lipinski definition) is 5. The van der Waals surface area contributed by atoms with Crippen LogP contribution >= 0.6 is 0 Å². The van der Waals surface area contributed by atoms with Crippen LogP contribution in [-0.2, 0) is 16.0 Å². The van der Waals surface area contributed by atoms with Crippen LogP contribution in [0.3, 0.4) is 0 Å². The molecule has 0 fully saturated rings. The Morgan fingerprint density at radius 2 is 2.07 bits per heavy atom. The van der Waals surface area contributed by atoms with E-state index in [1.54, 1.807) is 26.0 Å². The van der Waals surface area contributed by atoms with E-state index in [0.717, 1.165) is 11.1 Å². The van der Waals surface area contributed by atoms with Crippen molar-refractivity contribution >= 4 is 17.3 Å². The van der Waals surface area contributed by atoms with Crippen molar-refractivity contribution in [2.75, 3.05) is 6.61 Å². The quantitative estimate of drug-likeness (QED) is 0.312. The minimum atomic E-state index is -0.763. The Morgan fingerprint density at radius 1 is 1.37 bits per heavy atom. The second-order valence-electron chi connectivity index (χ2n) is 6.85. The second kappa shape index (κ2) is 8.12. The number of ketones is 1. The minimum Gasteiger partial charge on any atom is -0.466 e. The van der Waals surface area contributed by atoms with Gasteiger partial charge in [-0.05, 0) is 49.1 Å². The second-order valence-corrected chi connectivity index (χ2v) is 6.85. The third-order valence-corrected chi connectivity index (χ3v) is 4.77. The Bertz CT molecular complexity index is 852. The summed E-state index contributed by atoms with van der Waals surface area (Å²) in [6.45, 7) is 11.1. The molecule has 0 amide bonds. The van der Waals surface area contributed by atoms with Crippen LogP contribution in [0.25, 0.3) is 5.57 Å². The van der Waals surface area contributed by atoms with Crippen LogP contribution in [0.1, 0.15) is 48.2 Å². The topological polar surface area (TPSA) is 86.5 Å². The summed E-state index contributed by atoms with van der Waals surface area (Å²) in [5.74, 6) is -0.427. The first-order valence-corrected chi connectivity index (χ1v) is 8.72. The van der Waals surface area contributed by atoms with E-state index in [-0.39, 0.29) is 23.9 Å². The monoisotopic (exact) mass is 369 g/mol. The van der Waals surface area contributed by atoms with Gasteiger partial charge in [0.05, 0.1) is 18.0 Å². The summed E-state index contributed by atoms with van der Waals surface area (Å²) in [4.78, 5) is 34.8. The smallest absolute Gasteiger partial charge is 0.306 e. The molecule has 27 heavy (non-hydrogen) atoms. The lowest BCUT2D eigenvalue weighted by Gasteiger charge is -2.32. The highest BCUT2D eigenvalue weighted by molar-refractivity contribution is 6.04. The van der Waals surface area contributed by atoms with Gasteiger partial charge in [-0.15, -0.1) is 0 Å². The van der Waals surface area contributed by atoms with Crippen molar-refractivity contribution in [2.45, 2.75) is 33.1 Å². The first-order chi connectivity index (χ1) is 12.7. The molecule has 1 aromatic carbocycles. The number of allylic oxidation sites excluding steroid dienone is 3. The van der Waals surface area contributed by atoms with E-state index in [9.17, 15) is 19.7 Å². The molecular weight excluding hydrogens is 346 g/mol. The van der Waals surface area contributed by atoms with E-state index in [0.29, 0.717) is 30.6 Å². The molecule has 0 aliphatic heterocycles. The number of aryl methyl sites for hydroxylation is 1. The molecule has 0 aromatic heterocycles. The molecule has 0 heterocycles. The number of nitrogens with zero attached hydrogens (tertiary/aromatic N) is 1. The van der Waals surface area contributed by atoms with Gasteiger partial charge < -0.3 is 4.74 Å². The van der Waals surface area contributed by atoms with Crippen molar-refractivity contribution in [3.63, 3.8) is 0 Å².